The number of rotatable bonds is 5. The van der Waals surface area contributed by atoms with E-state index in [9.17, 15) is 9.59 Å². The van der Waals surface area contributed by atoms with E-state index in [0.29, 0.717) is 18.4 Å². The normalized spacial score (nSPS) is 25.6. The molecule has 1 aromatic rings. The zero-order chi connectivity index (χ0) is 17.8. The van der Waals surface area contributed by atoms with Crippen molar-refractivity contribution in [1.82, 2.24) is 0 Å². The van der Waals surface area contributed by atoms with Gasteiger partial charge in [0.25, 0.3) is 0 Å². The van der Waals surface area contributed by atoms with E-state index in [1.165, 1.54) is 5.01 Å². The number of nitrogens with zero attached hydrogens (tertiary/aromatic N) is 2. The van der Waals surface area contributed by atoms with Crippen molar-refractivity contribution in [3.05, 3.63) is 42.5 Å². The molecule has 132 valence electrons. The molecule has 1 aromatic carbocycles. The van der Waals surface area contributed by atoms with Crippen molar-refractivity contribution < 1.29 is 14.3 Å². The second kappa shape index (κ2) is 7.51. The molecule has 1 aliphatic heterocycles. The minimum atomic E-state index is -0.665. The highest BCUT2D eigenvalue weighted by Crippen LogP contribution is 2.27. The quantitative estimate of drug-likeness (QED) is 0.657. The van der Waals surface area contributed by atoms with Gasteiger partial charge in [0.15, 0.2) is 0 Å². The predicted molar refractivity (Wildman–Crippen MR) is 95.9 cm³/mol. The molecule has 1 amide bonds. The molecule has 6 heteroatoms. The number of anilines is 1. The number of benzene rings is 1. The number of para-hydroxylation sites is 1. The molecule has 0 saturated heterocycles. The van der Waals surface area contributed by atoms with Crippen molar-refractivity contribution in [2.24, 2.45) is 22.7 Å². The van der Waals surface area contributed by atoms with Gasteiger partial charge in [-0.1, -0.05) is 37.3 Å². The summed E-state index contributed by atoms with van der Waals surface area (Å²) in [6.07, 6.45) is 6.39. The second-order valence-electron chi connectivity index (χ2n) is 6.63. The number of carbonyl (C=O) groups excluding carboxylic acids is 2. The van der Waals surface area contributed by atoms with Gasteiger partial charge in [-0.05, 0) is 36.8 Å². The number of esters is 1. The van der Waals surface area contributed by atoms with Crippen LogP contribution in [0.5, 0.6) is 0 Å². The van der Waals surface area contributed by atoms with E-state index in [2.05, 4.69) is 24.2 Å². The molecule has 3 unspecified atom stereocenters. The Morgan fingerprint density at radius 2 is 1.96 bits per heavy atom. The van der Waals surface area contributed by atoms with E-state index >= 15 is 0 Å². The summed E-state index contributed by atoms with van der Waals surface area (Å²) in [6, 6.07) is 8.54. The van der Waals surface area contributed by atoms with Gasteiger partial charge in [-0.25, -0.2) is 4.79 Å². The Morgan fingerprint density at radius 3 is 2.64 bits per heavy atom. The van der Waals surface area contributed by atoms with Crippen molar-refractivity contribution in [1.29, 1.82) is 0 Å². The van der Waals surface area contributed by atoms with Crippen LogP contribution in [0.4, 0.5) is 5.69 Å². The first-order chi connectivity index (χ1) is 12.1. The summed E-state index contributed by atoms with van der Waals surface area (Å²) >= 11 is 0. The molecule has 0 radical (unpaired) electrons. The van der Waals surface area contributed by atoms with Crippen LogP contribution in [0.2, 0.25) is 0 Å². The van der Waals surface area contributed by atoms with Crippen LogP contribution in [0.15, 0.2) is 47.6 Å². The second-order valence-corrected chi connectivity index (χ2v) is 6.63. The summed E-state index contributed by atoms with van der Waals surface area (Å²) in [5.74, 6) is -0.163. The largest absolute Gasteiger partial charge is 0.461 e. The molecule has 25 heavy (non-hydrogen) atoms. The van der Waals surface area contributed by atoms with Crippen LogP contribution < -0.4 is 10.7 Å². The van der Waals surface area contributed by atoms with E-state index in [-0.39, 0.29) is 12.1 Å². The van der Waals surface area contributed by atoms with Gasteiger partial charge in [-0.15, -0.1) is 0 Å². The lowest BCUT2D eigenvalue weighted by Gasteiger charge is -2.24. The highest BCUT2D eigenvalue weighted by molar-refractivity contribution is 6.38. The lowest BCUT2D eigenvalue weighted by atomic mass is 9.85. The first kappa shape index (κ1) is 17.2. The number of hydrazone groups is 1. The zero-order valence-corrected chi connectivity index (χ0v) is 14.3. The van der Waals surface area contributed by atoms with Crippen molar-refractivity contribution in [3.63, 3.8) is 0 Å². The fraction of sp³-hybridized carbons (Fsp3) is 0.421. The van der Waals surface area contributed by atoms with Gasteiger partial charge in [0, 0.05) is 6.42 Å². The number of primary amides is 1. The first-order valence-electron chi connectivity index (χ1n) is 8.59. The van der Waals surface area contributed by atoms with Gasteiger partial charge in [0.1, 0.15) is 11.8 Å². The first-order valence-corrected chi connectivity index (χ1v) is 8.59. The summed E-state index contributed by atoms with van der Waals surface area (Å²) < 4.78 is 5.47. The Balaban J connectivity index is 1.67. The maximum atomic E-state index is 12.4. The third-order valence-corrected chi connectivity index (χ3v) is 4.84. The van der Waals surface area contributed by atoms with Crippen LogP contribution >= 0.6 is 0 Å². The minimum absolute atomic E-state index is 0.170. The Morgan fingerprint density at radius 1 is 1.24 bits per heavy atom. The number of hydrogen-bond donors (Lipinski definition) is 1. The third-order valence-electron chi connectivity index (χ3n) is 4.84. The molecular formula is C19H23N3O3. The molecule has 2 N–H and O–H groups in total. The molecule has 0 bridgehead atoms. The van der Waals surface area contributed by atoms with Crippen LogP contribution in [-0.4, -0.2) is 30.2 Å². The number of amides is 1. The highest BCUT2D eigenvalue weighted by Gasteiger charge is 2.36. The van der Waals surface area contributed by atoms with Crippen LogP contribution in [0.25, 0.3) is 0 Å². The Labute approximate surface area is 147 Å². The molecule has 3 rings (SSSR count). The minimum Gasteiger partial charge on any atom is -0.461 e. The number of carbonyl (C=O) groups is 2. The van der Waals surface area contributed by atoms with E-state index < -0.39 is 17.9 Å². The van der Waals surface area contributed by atoms with Gasteiger partial charge < -0.3 is 10.5 Å². The van der Waals surface area contributed by atoms with Crippen molar-refractivity contribution in [2.75, 3.05) is 11.6 Å². The van der Waals surface area contributed by atoms with E-state index in [1.54, 1.807) is 0 Å². The number of hydrogen-bond acceptors (Lipinski definition) is 5. The topological polar surface area (TPSA) is 85.0 Å². The smallest absolute Gasteiger partial charge is 0.354 e. The molecule has 0 spiro atoms. The zero-order valence-electron chi connectivity index (χ0n) is 14.3. The van der Waals surface area contributed by atoms with E-state index in [0.717, 1.165) is 18.5 Å². The number of allylic oxidation sites excluding steroid dienone is 2. The van der Waals surface area contributed by atoms with E-state index in [4.69, 9.17) is 10.5 Å². The lowest BCUT2D eigenvalue weighted by molar-refractivity contribution is -0.137. The van der Waals surface area contributed by atoms with Crippen LogP contribution in [-0.2, 0) is 14.3 Å². The monoisotopic (exact) mass is 341 g/mol. The third kappa shape index (κ3) is 3.90. The molecule has 2 aliphatic rings. The average Bonchev–Trinajstić information content (AvgIpc) is 3.07. The predicted octanol–water partition coefficient (Wildman–Crippen LogP) is 2.25. The SMILES string of the molecule is CC1CC=CCC1COC(=O)C1=NN(c2ccccc2)C(C(N)=O)C1. The van der Waals surface area contributed by atoms with Gasteiger partial charge in [0.05, 0.1) is 12.3 Å². The summed E-state index contributed by atoms with van der Waals surface area (Å²) in [7, 11) is 0. The molecule has 6 nitrogen and oxygen atoms in total. The summed E-state index contributed by atoms with van der Waals surface area (Å²) in [5.41, 5.74) is 6.45. The van der Waals surface area contributed by atoms with Crippen molar-refractivity contribution in [3.8, 4) is 0 Å². The van der Waals surface area contributed by atoms with Crippen LogP contribution in [0.3, 0.4) is 0 Å². The molecular weight excluding hydrogens is 318 g/mol. The Kier molecular flexibility index (Phi) is 5.16. The fourth-order valence-electron chi connectivity index (χ4n) is 3.18. The Hall–Kier alpha value is -2.63. The number of nitrogens with two attached hydrogens (primary N) is 1. The number of ether oxygens (including phenoxy) is 1. The van der Waals surface area contributed by atoms with Crippen molar-refractivity contribution in [2.45, 2.75) is 32.2 Å². The average molecular weight is 341 g/mol. The molecule has 0 aromatic heterocycles. The maximum Gasteiger partial charge on any atom is 0.354 e. The van der Waals surface area contributed by atoms with Crippen LogP contribution in [0.1, 0.15) is 26.2 Å². The summed E-state index contributed by atoms with van der Waals surface area (Å²) in [6.45, 7) is 2.53. The van der Waals surface area contributed by atoms with Crippen molar-refractivity contribution >= 4 is 23.3 Å². The van der Waals surface area contributed by atoms with Gasteiger partial charge in [-0.3, -0.25) is 9.80 Å². The maximum absolute atomic E-state index is 12.4. The Bertz CT molecular complexity index is 699. The summed E-state index contributed by atoms with van der Waals surface area (Å²) in [5, 5.41) is 5.81. The molecule has 1 aliphatic carbocycles. The molecule has 0 fully saturated rings. The summed E-state index contributed by atoms with van der Waals surface area (Å²) in [4.78, 5) is 24.1. The van der Waals surface area contributed by atoms with Gasteiger partial charge in [0.2, 0.25) is 5.91 Å². The fourth-order valence-corrected chi connectivity index (χ4v) is 3.18. The van der Waals surface area contributed by atoms with Gasteiger partial charge in [-0.2, -0.15) is 5.10 Å². The molecule has 3 atom stereocenters. The van der Waals surface area contributed by atoms with Gasteiger partial charge >= 0.3 is 5.97 Å². The molecule has 1 heterocycles. The van der Waals surface area contributed by atoms with Crippen LogP contribution in [0, 0.1) is 11.8 Å². The standard InChI is InChI=1S/C19H23N3O3/c1-13-7-5-6-8-14(13)12-25-19(24)16-11-17(18(20)23)22(21-16)15-9-3-2-4-10-15/h2-6,9-10,13-14,17H,7-8,11-12H2,1H3,(H2,20,23). The molecule has 0 saturated carbocycles. The highest BCUT2D eigenvalue weighted by atomic mass is 16.5. The van der Waals surface area contributed by atoms with E-state index in [1.807, 2.05) is 30.3 Å². The lowest BCUT2D eigenvalue weighted by Crippen LogP contribution is -2.39.